The van der Waals surface area contributed by atoms with Crippen molar-refractivity contribution in [3.05, 3.63) is 5.89 Å². The first-order chi connectivity index (χ1) is 7.67. The quantitative estimate of drug-likeness (QED) is 0.724. The van der Waals surface area contributed by atoms with Gasteiger partial charge < -0.3 is 20.2 Å². The molecule has 0 saturated heterocycles. The van der Waals surface area contributed by atoms with Gasteiger partial charge in [0, 0.05) is 6.61 Å². The molecule has 92 valence electrons. The van der Waals surface area contributed by atoms with Crippen LogP contribution in [0.5, 0.6) is 0 Å². The first-order valence-corrected chi connectivity index (χ1v) is 5.54. The zero-order valence-corrected chi connectivity index (χ0v) is 10.1. The van der Waals surface area contributed by atoms with E-state index in [1.807, 2.05) is 6.92 Å². The first kappa shape index (κ1) is 12.9. The Balaban J connectivity index is 2.53. The highest BCUT2D eigenvalue weighted by Gasteiger charge is 2.16. The number of nitrogens with zero attached hydrogens (tertiary/aromatic N) is 2. The summed E-state index contributed by atoms with van der Waals surface area (Å²) in [4.78, 5) is 0. The maximum Gasteiger partial charge on any atom is 0.315 e. The van der Waals surface area contributed by atoms with Gasteiger partial charge in [0.05, 0.1) is 19.2 Å². The van der Waals surface area contributed by atoms with E-state index < -0.39 is 0 Å². The molecule has 0 bridgehead atoms. The summed E-state index contributed by atoms with van der Waals surface area (Å²) in [7, 11) is 0. The van der Waals surface area contributed by atoms with Crippen molar-refractivity contribution in [2.24, 2.45) is 11.7 Å². The molecule has 0 spiro atoms. The zero-order chi connectivity index (χ0) is 12.0. The van der Waals surface area contributed by atoms with E-state index in [0.29, 0.717) is 31.0 Å². The average molecular weight is 228 g/mol. The highest BCUT2D eigenvalue weighted by molar-refractivity contribution is 5.19. The molecule has 0 aliphatic rings. The maximum absolute atomic E-state index is 5.39. The molecular weight excluding hydrogens is 208 g/mol. The van der Waals surface area contributed by atoms with Crippen LogP contribution in [0.15, 0.2) is 4.42 Å². The Morgan fingerprint density at radius 3 is 2.69 bits per heavy atom. The van der Waals surface area contributed by atoms with Crippen LogP contribution in [-0.2, 0) is 11.3 Å². The monoisotopic (exact) mass is 228 g/mol. The Bertz CT molecular complexity index is 301. The summed E-state index contributed by atoms with van der Waals surface area (Å²) in [5.41, 5.74) is 5.39. The van der Waals surface area contributed by atoms with Crippen molar-refractivity contribution in [2.45, 2.75) is 33.4 Å². The molecule has 0 aliphatic carbocycles. The van der Waals surface area contributed by atoms with Gasteiger partial charge in [0.1, 0.15) is 0 Å². The number of ether oxygens (including phenoxy) is 1. The minimum Gasteiger partial charge on any atom is -0.407 e. The lowest BCUT2D eigenvalue weighted by Gasteiger charge is -2.20. The lowest BCUT2D eigenvalue weighted by Crippen LogP contribution is -2.31. The molecule has 16 heavy (non-hydrogen) atoms. The number of aromatic nitrogens is 2. The SMILES string of the molecule is CCOCC(Nc1nnc(CN)o1)C(C)C. The van der Waals surface area contributed by atoms with Gasteiger partial charge in [0.2, 0.25) is 5.89 Å². The van der Waals surface area contributed by atoms with Crippen LogP contribution in [-0.4, -0.2) is 29.5 Å². The first-order valence-electron chi connectivity index (χ1n) is 5.54. The van der Waals surface area contributed by atoms with Crippen LogP contribution in [0, 0.1) is 5.92 Å². The normalized spacial score (nSPS) is 13.1. The Labute approximate surface area is 95.6 Å². The molecule has 1 rings (SSSR count). The van der Waals surface area contributed by atoms with Gasteiger partial charge >= 0.3 is 6.01 Å². The second-order valence-electron chi connectivity index (χ2n) is 3.86. The standard InChI is InChI=1S/C10H20N4O2/c1-4-15-6-8(7(2)3)12-10-14-13-9(5-11)16-10/h7-8H,4-6,11H2,1-3H3,(H,12,14). The van der Waals surface area contributed by atoms with Gasteiger partial charge in [-0.25, -0.2) is 0 Å². The average Bonchev–Trinajstić information content (AvgIpc) is 2.71. The van der Waals surface area contributed by atoms with Crippen LogP contribution in [0.2, 0.25) is 0 Å². The summed E-state index contributed by atoms with van der Waals surface area (Å²) < 4.78 is 10.7. The minimum atomic E-state index is 0.158. The molecule has 0 amide bonds. The van der Waals surface area contributed by atoms with Gasteiger partial charge in [-0.05, 0) is 12.8 Å². The Kier molecular flexibility index (Phi) is 5.21. The topological polar surface area (TPSA) is 86.2 Å². The number of nitrogens with two attached hydrogens (primary N) is 1. The van der Waals surface area contributed by atoms with Crippen LogP contribution < -0.4 is 11.1 Å². The third-order valence-corrected chi connectivity index (χ3v) is 2.26. The molecule has 6 heteroatoms. The molecule has 1 aromatic rings. The number of hydrogen-bond acceptors (Lipinski definition) is 6. The van der Waals surface area contributed by atoms with E-state index in [1.54, 1.807) is 0 Å². The van der Waals surface area contributed by atoms with E-state index in [9.17, 15) is 0 Å². The molecule has 0 aromatic carbocycles. The Morgan fingerprint density at radius 2 is 2.19 bits per heavy atom. The summed E-state index contributed by atoms with van der Waals surface area (Å²) in [6.45, 7) is 7.76. The minimum absolute atomic E-state index is 0.158. The van der Waals surface area contributed by atoms with Crippen LogP contribution >= 0.6 is 0 Å². The van der Waals surface area contributed by atoms with Gasteiger partial charge in [0.25, 0.3) is 0 Å². The van der Waals surface area contributed by atoms with Crippen molar-refractivity contribution in [2.75, 3.05) is 18.5 Å². The highest BCUT2D eigenvalue weighted by atomic mass is 16.5. The molecule has 0 saturated carbocycles. The molecule has 1 aromatic heterocycles. The Morgan fingerprint density at radius 1 is 1.44 bits per heavy atom. The van der Waals surface area contributed by atoms with Crippen LogP contribution in [0.1, 0.15) is 26.7 Å². The Hall–Kier alpha value is -1.14. The molecule has 0 aliphatic heterocycles. The highest BCUT2D eigenvalue weighted by Crippen LogP contribution is 2.11. The molecule has 3 N–H and O–H groups in total. The smallest absolute Gasteiger partial charge is 0.315 e. The van der Waals surface area contributed by atoms with Crippen molar-refractivity contribution in [1.82, 2.24) is 10.2 Å². The summed E-state index contributed by atoms with van der Waals surface area (Å²) in [6.07, 6.45) is 0. The third-order valence-electron chi connectivity index (χ3n) is 2.26. The summed E-state index contributed by atoms with van der Waals surface area (Å²) in [5.74, 6) is 0.848. The lowest BCUT2D eigenvalue weighted by atomic mass is 10.1. The predicted octanol–water partition coefficient (Wildman–Crippen LogP) is 1.00. The number of nitrogens with one attached hydrogen (secondary N) is 1. The molecule has 0 radical (unpaired) electrons. The van der Waals surface area contributed by atoms with Crippen LogP contribution in [0.25, 0.3) is 0 Å². The fourth-order valence-corrected chi connectivity index (χ4v) is 1.20. The molecule has 6 nitrogen and oxygen atoms in total. The lowest BCUT2D eigenvalue weighted by molar-refractivity contribution is 0.126. The molecule has 1 atom stereocenters. The van der Waals surface area contributed by atoms with Crippen molar-refractivity contribution in [3.8, 4) is 0 Å². The third kappa shape index (κ3) is 3.79. The molecule has 1 unspecified atom stereocenters. The van der Waals surface area contributed by atoms with E-state index in [4.69, 9.17) is 14.9 Å². The summed E-state index contributed by atoms with van der Waals surface area (Å²) in [5, 5.41) is 10.8. The van der Waals surface area contributed by atoms with E-state index in [-0.39, 0.29) is 12.6 Å². The molecule has 0 fully saturated rings. The van der Waals surface area contributed by atoms with E-state index in [2.05, 4.69) is 29.4 Å². The van der Waals surface area contributed by atoms with E-state index in [0.717, 1.165) is 0 Å². The van der Waals surface area contributed by atoms with Crippen LogP contribution in [0.3, 0.4) is 0 Å². The number of anilines is 1. The van der Waals surface area contributed by atoms with Crippen molar-refractivity contribution in [3.63, 3.8) is 0 Å². The van der Waals surface area contributed by atoms with Gasteiger partial charge in [0.15, 0.2) is 0 Å². The van der Waals surface area contributed by atoms with Crippen molar-refractivity contribution in [1.29, 1.82) is 0 Å². The largest absolute Gasteiger partial charge is 0.407 e. The van der Waals surface area contributed by atoms with Crippen molar-refractivity contribution >= 4 is 6.01 Å². The van der Waals surface area contributed by atoms with E-state index in [1.165, 1.54) is 0 Å². The van der Waals surface area contributed by atoms with Gasteiger partial charge in [-0.1, -0.05) is 18.9 Å². The van der Waals surface area contributed by atoms with Crippen LogP contribution in [0.4, 0.5) is 6.01 Å². The van der Waals surface area contributed by atoms with Gasteiger partial charge in [-0.2, -0.15) is 0 Å². The number of hydrogen-bond donors (Lipinski definition) is 2. The zero-order valence-electron chi connectivity index (χ0n) is 10.1. The molecule has 1 heterocycles. The fourth-order valence-electron chi connectivity index (χ4n) is 1.20. The number of rotatable bonds is 7. The van der Waals surface area contributed by atoms with Crippen molar-refractivity contribution < 1.29 is 9.15 Å². The van der Waals surface area contributed by atoms with Gasteiger partial charge in [-0.3, -0.25) is 0 Å². The summed E-state index contributed by atoms with van der Waals surface area (Å²) >= 11 is 0. The second kappa shape index (κ2) is 6.44. The summed E-state index contributed by atoms with van der Waals surface area (Å²) in [6, 6.07) is 0.560. The predicted molar refractivity (Wildman–Crippen MR) is 60.9 cm³/mol. The second-order valence-corrected chi connectivity index (χ2v) is 3.86. The maximum atomic E-state index is 5.39. The molecular formula is C10H20N4O2. The van der Waals surface area contributed by atoms with E-state index >= 15 is 0 Å². The fraction of sp³-hybridized carbons (Fsp3) is 0.800. The van der Waals surface area contributed by atoms with Gasteiger partial charge in [-0.15, -0.1) is 5.10 Å².